The molecule has 0 fully saturated rings. The highest BCUT2D eigenvalue weighted by Crippen LogP contribution is 2.30. The maximum Gasteiger partial charge on any atom is 0.271 e. The molecule has 0 aliphatic heterocycles. The Morgan fingerprint density at radius 2 is 1.74 bits per heavy atom. The van der Waals surface area contributed by atoms with E-state index in [0.717, 1.165) is 29.2 Å². The van der Waals surface area contributed by atoms with Crippen molar-refractivity contribution in [3.63, 3.8) is 0 Å². The van der Waals surface area contributed by atoms with Gasteiger partial charge in [0.1, 0.15) is 5.03 Å². The van der Waals surface area contributed by atoms with Crippen molar-refractivity contribution in [1.82, 2.24) is 15.1 Å². The summed E-state index contributed by atoms with van der Waals surface area (Å²) in [5, 5.41) is 8.42. The van der Waals surface area contributed by atoms with Gasteiger partial charge >= 0.3 is 0 Å². The molecule has 1 aliphatic carbocycles. The van der Waals surface area contributed by atoms with E-state index in [1.165, 1.54) is 39.2 Å². The molecule has 1 aliphatic rings. The van der Waals surface area contributed by atoms with Crippen molar-refractivity contribution in [3.05, 3.63) is 118 Å². The van der Waals surface area contributed by atoms with E-state index >= 15 is 0 Å². The lowest BCUT2D eigenvalue weighted by Gasteiger charge is -2.26. The SMILES string of the molecule is Cc1ccc(Sc2ccc(=O)n(-c3ccc(C(=O)NC4CCCc5ccccc54)cc3)n2)cc1. The number of aromatic nitrogens is 2. The van der Waals surface area contributed by atoms with Crippen LogP contribution in [-0.4, -0.2) is 15.7 Å². The van der Waals surface area contributed by atoms with Gasteiger partial charge in [0.2, 0.25) is 0 Å². The van der Waals surface area contributed by atoms with Gasteiger partial charge in [0.15, 0.2) is 0 Å². The summed E-state index contributed by atoms with van der Waals surface area (Å²) >= 11 is 1.50. The number of amides is 1. The normalized spacial score (nSPS) is 14.9. The molecule has 0 spiro atoms. The molecule has 1 aromatic heterocycles. The van der Waals surface area contributed by atoms with Crippen LogP contribution >= 0.6 is 11.8 Å². The van der Waals surface area contributed by atoms with Gasteiger partial charge < -0.3 is 5.32 Å². The summed E-state index contributed by atoms with van der Waals surface area (Å²) in [6.07, 6.45) is 3.05. The number of hydrogen-bond donors (Lipinski definition) is 1. The van der Waals surface area contributed by atoms with Gasteiger partial charge in [0.25, 0.3) is 11.5 Å². The fraction of sp³-hybridized carbons (Fsp3) is 0.179. The molecule has 170 valence electrons. The van der Waals surface area contributed by atoms with E-state index in [9.17, 15) is 9.59 Å². The number of carbonyl (C=O) groups excluding carboxylic acids is 1. The number of rotatable bonds is 5. The fourth-order valence-corrected chi connectivity index (χ4v) is 5.03. The molecule has 5 rings (SSSR count). The first-order valence-electron chi connectivity index (χ1n) is 11.4. The summed E-state index contributed by atoms with van der Waals surface area (Å²) in [5.41, 5.74) is 4.67. The number of nitrogens with zero attached hydrogens (tertiary/aromatic N) is 2. The van der Waals surface area contributed by atoms with Gasteiger partial charge in [-0.2, -0.15) is 9.78 Å². The largest absolute Gasteiger partial charge is 0.345 e. The summed E-state index contributed by atoms with van der Waals surface area (Å²) in [7, 11) is 0. The average molecular weight is 468 g/mol. The Bertz CT molecular complexity index is 1380. The van der Waals surface area contributed by atoms with Gasteiger partial charge in [-0.25, -0.2) is 0 Å². The minimum absolute atomic E-state index is 0.0249. The summed E-state index contributed by atoms with van der Waals surface area (Å²) < 4.78 is 1.37. The lowest BCUT2D eigenvalue weighted by Crippen LogP contribution is -2.31. The number of fused-ring (bicyclic) bond motifs is 1. The molecule has 1 atom stereocenters. The Morgan fingerprint density at radius 1 is 0.971 bits per heavy atom. The summed E-state index contributed by atoms with van der Waals surface area (Å²) in [4.78, 5) is 26.5. The van der Waals surface area contributed by atoms with Crippen molar-refractivity contribution in [2.75, 3.05) is 0 Å². The predicted molar refractivity (Wildman–Crippen MR) is 135 cm³/mol. The van der Waals surface area contributed by atoms with Gasteiger partial charge in [-0.1, -0.05) is 53.7 Å². The van der Waals surface area contributed by atoms with Crippen molar-refractivity contribution < 1.29 is 4.79 Å². The lowest BCUT2D eigenvalue weighted by atomic mass is 9.87. The fourth-order valence-electron chi connectivity index (χ4n) is 4.26. The maximum absolute atomic E-state index is 12.9. The molecular weight excluding hydrogens is 442 g/mol. The average Bonchev–Trinajstić information content (AvgIpc) is 2.87. The zero-order valence-electron chi connectivity index (χ0n) is 18.9. The minimum atomic E-state index is -0.218. The Balaban J connectivity index is 1.33. The van der Waals surface area contributed by atoms with Crippen LogP contribution in [-0.2, 0) is 6.42 Å². The van der Waals surface area contributed by atoms with E-state index < -0.39 is 0 Å². The summed E-state index contributed by atoms with van der Waals surface area (Å²) in [6, 6.07) is 26.8. The van der Waals surface area contributed by atoms with E-state index in [0.29, 0.717) is 11.3 Å². The van der Waals surface area contributed by atoms with Crippen molar-refractivity contribution in [3.8, 4) is 5.69 Å². The molecule has 6 heteroatoms. The highest BCUT2D eigenvalue weighted by molar-refractivity contribution is 7.99. The minimum Gasteiger partial charge on any atom is -0.345 e. The Labute approximate surface area is 202 Å². The number of nitrogens with one attached hydrogen (secondary N) is 1. The molecule has 5 nitrogen and oxygen atoms in total. The van der Waals surface area contributed by atoms with Crippen molar-refractivity contribution in [1.29, 1.82) is 0 Å². The smallest absolute Gasteiger partial charge is 0.271 e. The van der Waals surface area contributed by atoms with Crippen LogP contribution in [0.25, 0.3) is 5.69 Å². The van der Waals surface area contributed by atoms with E-state index in [-0.39, 0.29) is 17.5 Å². The summed E-state index contributed by atoms with van der Waals surface area (Å²) in [6.45, 7) is 2.05. The lowest BCUT2D eigenvalue weighted by molar-refractivity contribution is 0.0932. The van der Waals surface area contributed by atoms with E-state index in [4.69, 9.17) is 0 Å². The van der Waals surface area contributed by atoms with Crippen LogP contribution in [0, 0.1) is 6.92 Å². The van der Waals surface area contributed by atoms with Crippen LogP contribution in [0.4, 0.5) is 0 Å². The molecule has 0 saturated heterocycles. The number of benzene rings is 3. The van der Waals surface area contributed by atoms with Crippen molar-refractivity contribution >= 4 is 17.7 Å². The zero-order valence-corrected chi connectivity index (χ0v) is 19.7. The molecule has 3 aromatic carbocycles. The standard InChI is InChI=1S/C28H25N3O2S/c1-19-9-15-23(16-10-19)34-26-17-18-27(32)31(30-26)22-13-11-21(12-14-22)28(33)29-25-8-4-6-20-5-2-3-7-24(20)25/h2-3,5,7,9-18,25H,4,6,8H2,1H3,(H,29,33). The van der Waals surface area contributed by atoms with Crippen molar-refractivity contribution in [2.45, 2.75) is 42.1 Å². The third-order valence-electron chi connectivity index (χ3n) is 6.07. The Morgan fingerprint density at radius 3 is 2.53 bits per heavy atom. The Kier molecular flexibility index (Phi) is 6.32. The molecule has 1 unspecified atom stereocenters. The van der Waals surface area contributed by atoms with Crippen LogP contribution in [0.2, 0.25) is 0 Å². The molecule has 4 aromatic rings. The second kappa shape index (κ2) is 9.69. The molecule has 1 N–H and O–H groups in total. The van der Waals surface area contributed by atoms with Crippen molar-refractivity contribution in [2.24, 2.45) is 0 Å². The van der Waals surface area contributed by atoms with Gasteiger partial charge in [-0.15, -0.1) is 0 Å². The van der Waals surface area contributed by atoms with Crippen LogP contribution in [0.15, 0.2) is 99.6 Å². The molecule has 0 saturated carbocycles. The predicted octanol–water partition coefficient (Wildman–Crippen LogP) is 5.50. The topological polar surface area (TPSA) is 64.0 Å². The number of aryl methyl sites for hydroxylation is 2. The zero-order chi connectivity index (χ0) is 23.5. The quantitative estimate of drug-likeness (QED) is 0.421. The molecule has 0 radical (unpaired) electrons. The third kappa shape index (κ3) is 4.82. The maximum atomic E-state index is 12.9. The second-order valence-corrected chi connectivity index (χ2v) is 9.59. The highest BCUT2D eigenvalue weighted by atomic mass is 32.2. The van der Waals surface area contributed by atoms with Crippen LogP contribution < -0.4 is 10.9 Å². The van der Waals surface area contributed by atoms with E-state index in [1.54, 1.807) is 30.3 Å². The molecule has 1 heterocycles. The van der Waals surface area contributed by atoms with Crippen LogP contribution in [0.5, 0.6) is 0 Å². The molecule has 1 amide bonds. The molecular formula is C28H25N3O2S. The van der Waals surface area contributed by atoms with Crippen LogP contribution in [0.3, 0.4) is 0 Å². The highest BCUT2D eigenvalue weighted by Gasteiger charge is 2.22. The van der Waals surface area contributed by atoms with Gasteiger partial charge in [-0.3, -0.25) is 9.59 Å². The molecule has 34 heavy (non-hydrogen) atoms. The number of hydrogen-bond acceptors (Lipinski definition) is 4. The van der Waals surface area contributed by atoms with Gasteiger partial charge in [0.05, 0.1) is 11.7 Å². The first-order valence-corrected chi connectivity index (χ1v) is 12.2. The van der Waals surface area contributed by atoms with E-state index in [2.05, 4.69) is 22.5 Å². The summed E-state index contributed by atoms with van der Waals surface area (Å²) in [5.74, 6) is -0.114. The Hall–Kier alpha value is -3.64. The second-order valence-electron chi connectivity index (χ2n) is 8.50. The monoisotopic (exact) mass is 467 g/mol. The van der Waals surface area contributed by atoms with Crippen LogP contribution in [0.1, 0.15) is 45.9 Å². The molecule has 0 bridgehead atoms. The first kappa shape index (κ1) is 22.2. The third-order valence-corrected chi connectivity index (χ3v) is 7.00. The first-order chi connectivity index (χ1) is 16.6. The van der Waals surface area contributed by atoms with Gasteiger partial charge in [0, 0.05) is 16.5 Å². The van der Waals surface area contributed by atoms with E-state index in [1.807, 2.05) is 43.3 Å². The number of carbonyl (C=O) groups is 1. The van der Waals surface area contributed by atoms with Gasteiger partial charge in [-0.05, 0) is 79.8 Å².